The van der Waals surface area contributed by atoms with Crippen LogP contribution >= 0.6 is 46.2 Å². The molecule has 2 atom stereocenters. The summed E-state index contributed by atoms with van der Waals surface area (Å²) in [4.78, 5) is 51.7. The number of amides is 2. The highest BCUT2D eigenvalue weighted by molar-refractivity contribution is 8.01. The Kier molecular flexibility index (Phi) is 9.65. The van der Waals surface area contributed by atoms with Crippen LogP contribution in [-0.2, 0) is 16.0 Å². The molecule has 61 heavy (non-hydrogen) atoms. The number of aryl methyl sites for hydroxylation is 2. The van der Waals surface area contributed by atoms with Crippen LogP contribution in [0.15, 0.2) is 94.2 Å². The number of nitro benzene ring substituents is 2. The summed E-state index contributed by atoms with van der Waals surface area (Å²) in [5.74, 6) is 0.0367. The molecule has 0 bridgehead atoms. The van der Waals surface area contributed by atoms with Crippen molar-refractivity contribution in [3.05, 3.63) is 139 Å². The zero-order valence-electron chi connectivity index (χ0n) is 31.8. The Bertz CT molecular complexity index is 2920. The highest BCUT2D eigenvalue weighted by atomic mass is 32.2. The summed E-state index contributed by atoms with van der Waals surface area (Å²) in [5.41, 5.74) is 7.56. The van der Waals surface area contributed by atoms with Gasteiger partial charge >= 0.3 is 0 Å². The largest absolute Gasteiger partial charge is 0.463 e. The highest BCUT2D eigenvalue weighted by Gasteiger charge is 2.39. The molecular weight excluding hydrogens is 861 g/mol. The monoisotopic (exact) mass is 888 g/mol. The Hall–Kier alpha value is -6.48. The molecule has 0 aliphatic carbocycles. The van der Waals surface area contributed by atoms with Gasteiger partial charge in [-0.2, -0.15) is 0 Å². The number of anilines is 2. The molecule has 0 saturated carbocycles. The number of aromatic nitrogens is 4. The molecule has 10 rings (SSSR count). The standard InChI is InChI=1S/C41H28N8O8S4/c1-20-16-56-34-28(20)10-22(12-30(34)36-42-44-40(60-36)46-32(50)18-58-38(46)24-5-3-7-26(14-24)48(52)53)9-23-11-29-21(2)17-57-35(29)31(13-23)37-43-45-41(61-37)47-33(51)19-59-39(47)25-6-4-8-27(15-25)49(54)55/h3-8,10-17,38-39H,9,18-19H2,1-2H3. The molecule has 0 radical (unpaired) electrons. The van der Waals surface area contributed by atoms with Gasteiger partial charge in [0.25, 0.3) is 11.4 Å². The van der Waals surface area contributed by atoms with E-state index in [9.17, 15) is 29.8 Å². The van der Waals surface area contributed by atoms with E-state index in [4.69, 9.17) is 8.83 Å². The molecule has 4 aromatic carbocycles. The van der Waals surface area contributed by atoms with E-state index < -0.39 is 20.6 Å². The predicted octanol–water partition coefficient (Wildman–Crippen LogP) is 9.80. The summed E-state index contributed by atoms with van der Waals surface area (Å²) in [6.45, 7) is 3.93. The van der Waals surface area contributed by atoms with Crippen LogP contribution in [0.3, 0.4) is 0 Å². The van der Waals surface area contributed by atoms with Crippen LogP contribution in [0.25, 0.3) is 43.1 Å². The summed E-state index contributed by atoms with van der Waals surface area (Å²) < 4.78 is 12.1. The minimum Gasteiger partial charge on any atom is -0.463 e. The van der Waals surface area contributed by atoms with Gasteiger partial charge in [0.2, 0.25) is 22.1 Å². The van der Waals surface area contributed by atoms with Crippen LogP contribution in [0.1, 0.15) is 44.1 Å². The topological polar surface area (TPSA) is 205 Å². The fraction of sp³-hybridized carbons (Fsp3) is 0.171. The number of non-ortho nitro benzene ring substituents is 2. The van der Waals surface area contributed by atoms with Crippen molar-refractivity contribution in [1.82, 2.24) is 20.4 Å². The lowest BCUT2D eigenvalue weighted by molar-refractivity contribution is -0.385. The SMILES string of the molecule is Cc1coc2c(-c3nnc(N4C(=O)CSC4c4cccc([N+](=O)[O-])c4)s3)cc(Cc3cc(-c4nnc(N5C(=O)CSC5c5cccc([N+](=O)[O-])c5)s4)c4occ(C)c4c3)cc12. The van der Waals surface area contributed by atoms with Gasteiger partial charge in [-0.1, -0.05) is 46.9 Å². The first-order valence-corrected chi connectivity index (χ1v) is 22.3. The molecule has 0 N–H and O–H groups in total. The van der Waals surface area contributed by atoms with E-state index in [0.717, 1.165) is 33.0 Å². The van der Waals surface area contributed by atoms with Crippen molar-refractivity contribution in [3.8, 4) is 21.1 Å². The minimum absolute atomic E-state index is 0.0589. The number of nitro groups is 2. The third-order valence-electron chi connectivity index (χ3n) is 10.4. The predicted molar refractivity (Wildman–Crippen MR) is 234 cm³/mol. The average Bonchev–Trinajstić information content (AvgIpc) is 4.13. The number of rotatable bonds is 10. The van der Waals surface area contributed by atoms with Crippen molar-refractivity contribution >= 4 is 102 Å². The maximum atomic E-state index is 13.2. The lowest BCUT2D eigenvalue weighted by Gasteiger charge is -2.20. The number of fused-ring (bicyclic) bond motifs is 2. The van der Waals surface area contributed by atoms with E-state index in [1.165, 1.54) is 70.5 Å². The fourth-order valence-corrected chi connectivity index (χ4v) is 11.8. The van der Waals surface area contributed by atoms with Crippen LogP contribution < -0.4 is 9.80 Å². The molecule has 16 nitrogen and oxygen atoms in total. The second-order valence-electron chi connectivity index (χ2n) is 14.4. The molecule has 2 fully saturated rings. The van der Waals surface area contributed by atoms with Gasteiger partial charge in [-0.25, -0.2) is 0 Å². The zero-order chi connectivity index (χ0) is 42.1. The van der Waals surface area contributed by atoms with Gasteiger partial charge in [-0.15, -0.1) is 43.9 Å². The van der Waals surface area contributed by atoms with Crippen LogP contribution in [0.5, 0.6) is 0 Å². The van der Waals surface area contributed by atoms with Gasteiger partial charge in [0.1, 0.15) is 21.9 Å². The zero-order valence-corrected chi connectivity index (χ0v) is 35.1. The number of thioether (sulfide) groups is 2. The van der Waals surface area contributed by atoms with Gasteiger partial charge in [0.15, 0.2) is 10.0 Å². The van der Waals surface area contributed by atoms with Crippen LogP contribution in [0.4, 0.5) is 21.6 Å². The summed E-state index contributed by atoms with van der Waals surface area (Å²) in [7, 11) is 0. The first-order valence-electron chi connectivity index (χ1n) is 18.6. The summed E-state index contributed by atoms with van der Waals surface area (Å²) in [6.07, 6.45) is 3.88. The maximum absolute atomic E-state index is 13.2. The number of carbonyl (C=O) groups is 2. The van der Waals surface area contributed by atoms with Crippen molar-refractivity contribution in [2.24, 2.45) is 0 Å². The van der Waals surface area contributed by atoms with Crippen molar-refractivity contribution < 1.29 is 28.3 Å². The Morgan fingerprint density at radius 3 is 1.52 bits per heavy atom. The van der Waals surface area contributed by atoms with E-state index in [0.29, 0.717) is 60.1 Å². The number of nitrogens with zero attached hydrogens (tertiary/aromatic N) is 8. The molecule has 2 saturated heterocycles. The molecule has 304 valence electrons. The lowest BCUT2D eigenvalue weighted by Crippen LogP contribution is -2.27. The molecule has 6 heterocycles. The van der Waals surface area contributed by atoms with Gasteiger partial charge in [-0.3, -0.25) is 39.6 Å². The summed E-state index contributed by atoms with van der Waals surface area (Å²) in [5, 5.41) is 43.6. The van der Waals surface area contributed by atoms with Crippen LogP contribution in [0, 0.1) is 34.1 Å². The Labute approximate surface area is 360 Å². The number of hydrogen-bond acceptors (Lipinski definition) is 16. The molecule has 2 amide bonds. The summed E-state index contributed by atoms with van der Waals surface area (Å²) in [6, 6.07) is 20.7. The van der Waals surface area contributed by atoms with E-state index in [2.05, 4.69) is 32.5 Å². The third-order valence-corrected chi connectivity index (χ3v) is 14.8. The van der Waals surface area contributed by atoms with Crippen LogP contribution in [-0.4, -0.2) is 53.6 Å². The van der Waals surface area contributed by atoms with Crippen molar-refractivity contribution in [1.29, 1.82) is 0 Å². The molecule has 8 aromatic rings. The van der Waals surface area contributed by atoms with Gasteiger partial charge in [-0.05, 0) is 77.9 Å². The number of benzene rings is 4. The quantitative estimate of drug-likeness (QED) is 0.0926. The molecule has 0 spiro atoms. The van der Waals surface area contributed by atoms with Crippen molar-refractivity contribution in [2.45, 2.75) is 31.0 Å². The van der Waals surface area contributed by atoms with Gasteiger partial charge < -0.3 is 8.83 Å². The third kappa shape index (κ3) is 6.90. The Morgan fingerprint density at radius 1 is 0.656 bits per heavy atom. The number of carbonyl (C=O) groups excluding carboxylic acids is 2. The van der Waals surface area contributed by atoms with E-state index in [1.54, 1.807) is 46.6 Å². The fourth-order valence-electron chi connectivity index (χ4n) is 7.58. The lowest BCUT2D eigenvalue weighted by atomic mass is 9.97. The highest BCUT2D eigenvalue weighted by Crippen LogP contribution is 2.47. The Balaban J connectivity index is 0.988. The van der Waals surface area contributed by atoms with E-state index >= 15 is 0 Å². The molecule has 4 aromatic heterocycles. The maximum Gasteiger partial charge on any atom is 0.269 e. The normalized spacial score (nSPS) is 16.8. The molecule has 2 unspecified atom stereocenters. The molecular formula is C41H28N8O8S4. The van der Waals surface area contributed by atoms with E-state index in [1.807, 2.05) is 26.0 Å². The average molecular weight is 889 g/mol. The molecule has 2 aliphatic heterocycles. The minimum atomic E-state index is -0.506. The molecule has 20 heteroatoms. The van der Waals surface area contributed by atoms with Crippen molar-refractivity contribution in [2.75, 3.05) is 21.3 Å². The van der Waals surface area contributed by atoms with E-state index in [-0.39, 0.29) is 34.7 Å². The molecule has 2 aliphatic rings. The summed E-state index contributed by atoms with van der Waals surface area (Å²) >= 11 is 5.23. The first-order chi connectivity index (χ1) is 29.5. The second kappa shape index (κ2) is 15.2. The second-order valence-corrected chi connectivity index (χ2v) is 18.4. The number of hydrogen-bond donors (Lipinski definition) is 0. The first kappa shape index (κ1) is 38.7. The smallest absolute Gasteiger partial charge is 0.269 e. The van der Waals surface area contributed by atoms with Crippen LogP contribution in [0.2, 0.25) is 0 Å². The van der Waals surface area contributed by atoms with Gasteiger partial charge in [0, 0.05) is 35.0 Å². The number of furan rings is 2. The van der Waals surface area contributed by atoms with Gasteiger partial charge in [0.05, 0.1) is 45.0 Å². The Morgan fingerprint density at radius 2 is 1.10 bits per heavy atom. The van der Waals surface area contributed by atoms with Crippen molar-refractivity contribution in [3.63, 3.8) is 0 Å².